The molecule has 0 atom stereocenters. The van der Waals surface area contributed by atoms with Crippen LogP contribution in [-0.2, 0) is 0 Å². The van der Waals surface area contributed by atoms with Gasteiger partial charge in [0.15, 0.2) is 0 Å². The topological polar surface area (TPSA) is 0 Å². The minimum Gasteiger partial charge on any atom is -0.0822 e. The Morgan fingerprint density at radius 2 is 2.18 bits per heavy atom. The molecular weight excluding hydrogens is 148 g/mol. The van der Waals surface area contributed by atoms with Gasteiger partial charge in [0.2, 0.25) is 0 Å². The van der Waals surface area contributed by atoms with Crippen molar-refractivity contribution in [2.45, 2.75) is 33.2 Å². The monoisotopic (exact) mass is 166 g/mol. The molecule has 0 saturated heterocycles. The van der Waals surface area contributed by atoms with Crippen LogP contribution in [0.2, 0.25) is 6.04 Å². The van der Waals surface area contributed by atoms with Crippen molar-refractivity contribution in [1.82, 2.24) is 0 Å². The van der Waals surface area contributed by atoms with Gasteiger partial charge >= 0.3 is 0 Å². The second kappa shape index (κ2) is 3.40. The van der Waals surface area contributed by atoms with Gasteiger partial charge in [-0.2, -0.15) is 0 Å². The van der Waals surface area contributed by atoms with E-state index in [1.165, 1.54) is 12.5 Å². The standard InChI is InChI=1S/C10H18Si/c1-10(2,3)8-11-9-6-4-5-7-9/h4,6-7H,5,8,11H2,1-3H3. The molecule has 1 rings (SSSR count). The van der Waals surface area contributed by atoms with Crippen LogP contribution in [0.1, 0.15) is 27.2 Å². The number of allylic oxidation sites excluding steroid dienone is 4. The van der Waals surface area contributed by atoms with Gasteiger partial charge < -0.3 is 0 Å². The van der Waals surface area contributed by atoms with Gasteiger partial charge in [-0.05, 0) is 11.8 Å². The maximum absolute atomic E-state index is 2.39. The molecule has 0 radical (unpaired) electrons. The lowest BCUT2D eigenvalue weighted by Gasteiger charge is -2.17. The van der Waals surface area contributed by atoms with Crippen molar-refractivity contribution >= 4 is 9.52 Å². The Morgan fingerprint density at radius 3 is 2.64 bits per heavy atom. The van der Waals surface area contributed by atoms with Crippen LogP contribution >= 0.6 is 0 Å². The lowest BCUT2D eigenvalue weighted by molar-refractivity contribution is 0.467. The van der Waals surface area contributed by atoms with Crippen molar-refractivity contribution in [3.63, 3.8) is 0 Å². The van der Waals surface area contributed by atoms with Crippen LogP contribution in [0, 0.1) is 5.41 Å². The van der Waals surface area contributed by atoms with Gasteiger partial charge in [0.05, 0.1) is 9.52 Å². The fraction of sp³-hybridized carbons (Fsp3) is 0.600. The van der Waals surface area contributed by atoms with Crippen molar-refractivity contribution < 1.29 is 0 Å². The maximum Gasteiger partial charge on any atom is 0.0548 e. The van der Waals surface area contributed by atoms with E-state index in [1.807, 2.05) is 0 Å². The third-order valence-corrected chi connectivity index (χ3v) is 4.86. The molecule has 1 aliphatic carbocycles. The summed E-state index contributed by atoms with van der Waals surface area (Å²) < 4.78 is 0. The summed E-state index contributed by atoms with van der Waals surface area (Å²) in [7, 11) is 0.0579. The van der Waals surface area contributed by atoms with E-state index in [0.717, 1.165) is 0 Å². The lowest BCUT2D eigenvalue weighted by Crippen LogP contribution is -2.09. The molecule has 0 spiro atoms. The summed E-state index contributed by atoms with van der Waals surface area (Å²) in [6.07, 6.45) is 8.16. The Hall–Kier alpha value is -0.303. The predicted molar refractivity (Wildman–Crippen MR) is 54.6 cm³/mol. The fourth-order valence-corrected chi connectivity index (χ4v) is 2.95. The highest BCUT2D eigenvalue weighted by Crippen LogP contribution is 2.21. The van der Waals surface area contributed by atoms with Crippen molar-refractivity contribution in [1.29, 1.82) is 0 Å². The number of rotatable bonds is 2. The van der Waals surface area contributed by atoms with E-state index in [0.29, 0.717) is 5.41 Å². The first kappa shape index (κ1) is 8.79. The highest BCUT2D eigenvalue weighted by atomic mass is 28.2. The molecule has 0 aliphatic heterocycles. The Kier molecular flexibility index (Phi) is 2.71. The van der Waals surface area contributed by atoms with E-state index >= 15 is 0 Å². The highest BCUT2D eigenvalue weighted by Gasteiger charge is 2.10. The van der Waals surface area contributed by atoms with Gasteiger partial charge in [-0.3, -0.25) is 0 Å². The smallest absolute Gasteiger partial charge is 0.0548 e. The normalized spacial score (nSPS) is 18.3. The summed E-state index contributed by atoms with van der Waals surface area (Å²) in [5.41, 5.74) is 0.545. The Bertz CT molecular complexity index is 182. The predicted octanol–water partition coefficient (Wildman–Crippen LogP) is 2.46. The van der Waals surface area contributed by atoms with Crippen molar-refractivity contribution in [3.8, 4) is 0 Å². The van der Waals surface area contributed by atoms with Gasteiger partial charge in [-0.25, -0.2) is 0 Å². The first-order valence-corrected chi connectivity index (χ1v) is 6.14. The molecule has 0 N–H and O–H groups in total. The Balaban J connectivity index is 2.28. The summed E-state index contributed by atoms with van der Waals surface area (Å²) >= 11 is 0. The summed E-state index contributed by atoms with van der Waals surface area (Å²) in [5.74, 6) is 0. The first-order valence-electron chi connectivity index (χ1n) is 4.43. The third-order valence-electron chi connectivity index (χ3n) is 2.01. The van der Waals surface area contributed by atoms with E-state index < -0.39 is 0 Å². The van der Waals surface area contributed by atoms with Crippen LogP contribution in [0.15, 0.2) is 23.4 Å². The van der Waals surface area contributed by atoms with Crippen molar-refractivity contribution in [2.75, 3.05) is 0 Å². The van der Waals surface area contributed by atoms with E-state index in [-0.39, 0.29) is 9.52 Å². The van der Waals surface area contributed by atoms with Gasteiger partial charge in [-0.1, -0.05) is 50.2 Å². The number of hydrogen-bond donors (Lipinski definition) is 0. The Labute approximate surface area is 72.2 Å². The molecule has 0 unspecified atom stereocenters. The second-order valence-electron chi connectivity index (χ2n) is 4.48. The van der Waals surface area contributed by atoms with Gasteiger partial charge in [0.1, 0.15) is 0 Å². The Morgan fingerprint density at radius 1 is 1.45 bits per heavy atom. The molecular formula is C10H18Si. The lowest BCUT2D eigenvalue weighted by atomic mass is 10.0. The van der Waals surface area contributed by atoms with E-state index in [1.54, 1.807) is 5.20 Å². The molecule has 0 aromatic rings. The molecule has 0 nitrogen and oxygen atoms in total. The molecule has 0 amide bonds. The minimum atomic E-state index is 0.0579. The van der Waals surface area contributed by atoms with E-state index in [2.05, 4.69) is 39.0 Å². The molecule has 0 heterocycles. The van der Waals surface area contributed by atoms with Gasteiger partial charge in [0, 0.05) is 0 Å². The molecule has 0 saturated carbocycles. The van der Waals surface area contributed by atoms with Crippen LogP contribution in [0.5, 0.6) is 0 Å². The van der Waals surface area contributed by atoms with E-state index in [9.17, 15) is 0 Å². The molecule has 11 heavy (non-hydrogen) atoms. The molecule has 1 aliphatic rings. The summed E-state index contributed by atoms with van der Waals surface area (Å²) in [6.45, 7) is 7.00. The zero-order valence-electron chi connectivity index (χ0n) is 7.85. The van der Waals surface area contributed by atoms with Crippen LogP contribution < -0.4 is 0 Å². The average molecular weight is 166 g/mol. The third kappa shape index (κ3) is 3.56. The van der Waals surface area contributed by atoms with Crippen LogP contribution in [0.3, 0.4) is 0 Å². The minimum absolute atomic E-state index is 0.0579. The van der Waals surface area contributed by atoms with Gasteiger partial charge in [-0.15, -0.1) is 0 Å². The average Bonchev–Trinajstić information content (AvgIpc) is 2.32. The molecule has 0 fully saturated rings. The van der Waals surface area contributed by atoms with Gasteiger partial charge in [0.25, 0.3) is 0 Å². The molecule has 0 aromatic carbocycles. The van der Waals surface area contributed by atoms with Crippen molar-refractivity contribution in [2.24, 2.45) is 5.41 Å². The summed E-state index contributed by atoms with van der Waals surface area (Å²) in [6, 6.07) is 1.43. The number of hydrogen-bond acceptors (Lipinski definition) is 0. The highest BCUT2D eigenvalue weighted by molar-refractivity contribution is 6.46. The maximum atomic E-state index is 2.39. The first-order chi connectivity index (χ1) is 5.08. The van der Waals surface area contributed by atoms with Crippen LogP contribution in [0.4, 0.5) is 0 Å². The molecule has 0 aromatic heterocycles. The second-order valence-corrected chi connectivity index (χ2v) is 6.29. The van der Waals surface area contributed by atoms with E-state index in [4.69, 9.17) is 0 Å². The quantitative estimate of drug-likeness (QED) is 0.553. The van der Waals surface area contributed by atoms with Crippen LogP contribution in [0.25, 0.3) is 0 Å². The van der Waals surface area contributed by atoms with Crippen molar-refractivity contribution in [3.05, 3.63) is 23.4 Å². The summed E-state index contributed by atoms with van der Waals surface area (Å²) in [5, 5.41) is 1.67. The fourth-order valence-electron chi connectivity index (χ4n) is 1.21. The SMILES string of the molecule is CC(C)(C)C[SiH2]C1=CCC=C1. The zero-order valence-corrected chi connectivity index (χ0v) is 9.27. The van der Waals surface area contributed by atoms with Crippen LogP contribution in [-0.4, -0.2) is 9.52 Å². The molecule has 1 heteroatoms. The largest absolute Gasteiger partial charge is 0.0822 e. The zero-order chi connectivity index (χ0) is 8.32. The summed E-state index contributed by atoms with van der Waals surface area (Å²) in [4.78, 5) is 0. The molecule has 0 bridgehead atoms. The molecule has 62 valence electrons.